The summed E-state index contributed by atoms with van der Waals surface area (Å²) in [4.78, 5) is 32.3. The Bertz CT molecular complexity index is 805. The molecule has 4 atom stereocenters. The van der Waals surface area contributed by atoms with Crippen molar-refractivity contribution >= 4 is 23.2 Å². The first-order chi connectivity index (χ1) is 14.7. The van der Waals surface area contributed by atoms with Gasteiger partial charge < -0.3 is 10.2 Å². The number of nitrogens with zero attached hydrogens (tertiary/aromatic N) is 2. The summed E-state index contributed by atoms with van der Waals surface area (Å²) in [7, 11) is 0. The van der Waals surface area contributed by atoms with Gasteiger partial charge in [0.1, 0.15) is 6.04 Å². The van der Waals surface area contributed by atoms with E-state index in [1.807, 2.05) is 16.2 Å². The van der Waals surface area contributed by atoms with E-state index >= 15 is 0 Å². The molecule has 1 aromatic heterocycles. The quantitative estimate of drug-likeness (QED) is 0.731. The van der Waals surface area contributed by atoms with Gasteiger partial charge in [0.05, 0.1) is 0 Å². The van der Waals surface area contributed by atoms with Crippen LogP contribution in [0, 0.1) is 11.8 Å². The minimum Gasteiger partial charge on any atom is -0.351 e. The fourth-order valence-corrected chi connectivity index (χ4v) is 6.96. The Morgan fingerprint density at radius 3 is 2.87 bits per heavy atom. The Kier molecular flexibility index (Phi) is 5.96. The molecule has 1 aliphatic carbocycles. The van der Waals surface area contributed by atoms with Crippen LogP contribution < -0.4 is 5.32 Å². The first-order valence-corrected chi connectivity index (χ1v) is 12.6. The maximum absolute atomic E-state index is 13.4. The number of allylic oxidation sites excluding steroid dienone is 1. The van der Waals surface area contributed by atoms with E-state index in [1.54, 1.807) is 0 Å². The third-order valence-electron chi connectivity index (χ3n) is 7.52. The molecule has 0 spiro atoms. The SMILES string of the molecule is O=C(NCC1=CCCCC1)[C@H]1[C@H]2C[C@H](CN(Cc3cccs3)C2)[C@@H]2CCCC(=O)N21. The lowest BCUT2D eigenvalue weighted by molar-refractivity contribution is -0.160. The van der Waals surface area contributed by atoms with Crippen LogP contribution in [0.25, 0.3) is 0 Å². The van der Waals surface area contributed by atoms with Crippen molar-refractivity contribution in [3.05, 3.63) is 34.0 Å². The number of rotatable bonds is 5. The number of carbonyl (C=O) groups excluding carboxylic acids is 2. The molecule has 3 saturated heterocycles. The van der Waals surface area contributed by atoms with Crippen LogP contribution in [-0.2, 0) is 16.1 Å². The van der Waals surface area contributed by atoms with Crippen molar-refractivity contribution in [3.8, 4) is 0 Å². The van der Waals surface area contributed by atoms with E-state index in [0.29, 0.717) is 18.9 Å². The van der Waals surface area contributed by atoms with Crippen molar-refractivity contribution in [2.24, 2.45) is 11.8 Å². The average Bonchev–Trinajstić information content (AvgIpc) is 3.27. The van der Waals surface area contributed by atoms with Gasteiger partial charge in [-0.1, -0.05) is 17.7 Å². The fraction of sp³-hybridized carbons (Fsp3) is 0.667. The molecule has 162 valence electrons. The monoisotopic (exact) mass is 427 g/mol. The Morgan fingerprint density at radius 1 is 1.17 bits per heavy atom. The summed E-state index contributed by atoms with van der Waals surface area (Å²) in [5.74, 6) is 1.01. The maximum atomic E-state index is 13.4. The molecule has 4 aliphatic rings. The smallest absolute Gasteiger partial charge is 0.243 e. The van der Waals surface area contributed by atoms with Crippen molar-refractivity contribution in [3.63, 3.8) is 0 Å². The second-order valence-corrected chi connectivity index (χ2v) is 10.6. The molecule has 0 aromatic carbocycles. The zero-order valence-electron chi connectivity index (χ0n) is 17.7. The molecule has 30 heavy (non-hydrogen) atoms. The number of nitrogens with one attached hydrogen (secondary N) is 1. The van der Waals surface area contributed by atoms with Gasteiger partial charge in [-0.2, -0.15) is 0 Å². The average molecular weight is 428 g/mol. The zero-order valence-corrected chi connectivity index (χ0v) is 18.5. The zero-order chi connectivity index (χ0) is 20.5. The first kappa shape index (κ1) is 20.3. The van der Waals surface area contributed by atoms with E-state index < -0.39 is 0 Å². The highest BCUT2D eigenvalue weighted by Crippen LogP contribution is 2.42. The summed E-state index contributed by atoms with van der Waals surface area (Å²) < 4.78 is 0. The molecule has 1 N–H and O–H groups in total. The molecule has 3 fully saturated rings. The molecule has 2 amide bonds. The molecule has 0 unspecified atom stereocenters. The minimum atomic E-state index is -0.297. The molecule has 4 heterocycles. The van der Waals surface area contributed by atoms with Crippen LogP contribution in [0.15, 0.2) is 29.2 Å². The largest absolute Gasteiger partial charge is 0.351 e. The number of hydrogen-bond donors (Lipinski definition) is 1. The van der Waals surface area contributed by atoms with Crippen molar-refractivity contribution < 1.29 is 9.59 Å². The normalized spacial score (nSPS) is 31.8. The summed E-state index contributed by atoms with van der Waals surface area (Å²) in [6.07, 6.45) is 10.7. The highest BCUT2D eigenvalue weighted by atomic mass is 32.1. The van der Waals surface area contributed by atoms with E-state index in [0.717, 1.165) is 51.7 Å². The number of thiophene rings is 1. The lowest BCUT2D eigenvalue weighted by Gasteiger charge is -2.55. The summed E-state index contributed by atoms with van der Waals surface area (Å²) in [5, 5.41) is 5.36. The van der Waals surface area contributed by atoms with E-state index in [4.69, 9.17) is 0 Å². The Morgan fingerprint density at radius 2 is 2.07 bits per heavy atom. The van der Waals surface area contributed by atoms with Gasteiger partial charge >= 0.3 is 0 Å². The topological polar surface area (TPSA) is 52.7 Å². The highest BCUT2D eigenvalue weighted by molar-refractivity contribution is 7.09. The Balaban J connectivity index is 1.34. The van der Waals surface area contributed by atoms with E-state index in [9.17, 15) is 9.59 Å². The Hall–Kier alpha value is -1.66. The van der Waals surface area contributed by atoms with Crippen LogP contribution in [-0.4, -0.2) is 53.3 Å². The van der Waals surface area contributed by atoms with Crippen molar-refractivity contribution in [2.75, 3.05) is 19.6 Å². The van der Waals surface area contributed by atoms with Crippen LogP contribution >= 0.6 is 11.3 Å². The van der Waals surface area contributed by atoms with E-state index in [1.165, 1.54) is 23.3 Å². The van der Waals surface area contributed by atoms with Crippen molar-refractivity contribution in [1.29, 1.82) is 0 Å². The molecule has 6 heteroatoms. The van der Waals surface area contributed by atoms with Crippen molar-refractivity contribution in [1.82, 2.24) is 15.1 Å². The summed E-state index contributed by atoms with van der Waals surface area (Å²) >= 11 is 1.81. The molecule has 5 rings (SSSR count). The van der Waals surface area contributed by atoms with Gasteiger partial charge in [-0.25, -0.2) is 0 Å². The van der Waals surface area contributed by atoms with Crippen LogP contribution in [0.2, 0.25) is 0 Å². The highest BCUT2D eigenvalue weighted by Gasteiger charge is 2.51. The molecule has 3 aliphatic heterocycles. The molecule has 2 bridgehead atoms. The fourth-order valence-electron chi connectivity index (χ4n) is 6.21. The number of hydrogen-bond acceptors (Lipinski definition) is 4. The number of likely N-dealkylation sites (tertiary alicyclic amines) is 1. The third-order valence-corrected chi connectivity index (χ3v) is 8.38. The molecule has 0 radical (unpaired) electrons. The van der Waals surface area contributed by atoms with Gasteiger partial charge in [-0.3, -0.25) is 14.5 Å². The maximum Gasteiger partial charge on any atom is 0.243 e. The molecular formula is C24H33N3O2S. The van der Waals surface area contributed by atoms with E-state index in [2.05, 4.69) is 33.8 Å². The summed E-state index contributed by atoms with van der Waals surface area (Å²) in [6, 6.07) is 4.25. The van der Waals surface area contributed by atoms with Crippen LogP contribution in [0.5, 0.6) is 0 Å². The summed E-state index contributed by atoms with van der Waals surface area (Å²) in [6.45, 7) is 3.57. The third kappa shape index (κ3) is 4.09. The van der Waals surface area contributed by atoms with Crippen LogP contribution in [0.3, 0.4) is 0 Å². The lowest BCUT2D eigenvalue weighted by Crippen LogP contribution is -2.68. The second-order valence-electron chi connectivity index (χ2n) is 9.56. The number of fused-ring (bicyclic) bond motifs is 4. The van der Waals surface area contributed by atoms with Gasteiger partial charge in [0.15, 0.2) is 0 Å². The van der Waals surface area contributed by atoms with Gasteiger partial charge in [0.25, 0.3) is 0 Å². The molecular weight excluding hydrogens is 394 g/mol. The molecule has 5 nitrogen and oxygen atoms in total. The lowest BCUT2D eigenvalue weighted by atomic mass is 9.71. The minimum absolute atomic E-state index is 0.0724. The number of carbonyl (C=O) groups is 2. The van der Waals surface area contributed by atoms with Gasteiger partial charge in [0.2, 0.25) is 11.8 Å². The van der Waals surface area contributed by atoms with Gasteiger partial charge in [0, 0.05) is 49.4 Å². The molecule has 0 saturated carbocycles. The summed E-state index contributed by atoms with van der Waals surface area (Å²) in [5.41, 5.74) is 1.35. The standard InChI is InChI=1S/C24H33N3O2S/c28-22-10-4-9-21-18-12-19(15-26(14-18)16-20-8-5-11-30-20)23(27(21)22)24(29)25-13-17-6-2-1-3-7-17/h5-6,8,11,18-19,21,23H,1-4,7,9-10,12-16H2,(H,25,29)/t18-,19+,21+,23-/m1/s1. The van der Waals surface area contributed by atoms with E-state index in [-0.39, 0.29) is 29.8 Å². The predicted octanol–water partition coefficient (Wildman–Crippen LogP) is 3.57. The second kappa shape index (κ2) is 8.83. The van der Waals surface area contributed by atoms with Gasteiger partial charge in [-0.05, 0) is 62.3 Å². The van der Waals surface area contributed by atoms with Crippen molar-refractivity contribution in [2.45, 2.75) is 70.0 Å². The number of piperidine rings is 3. The number of amides is 2. The van der Waals surface area contributed by atoms with Crippen LogP contribution in [0.4, 0.5) is 0 Å². The predicted molar refractivity (Wildman–Crippen MR) is 119 cm³/mol. The first-order valence-electron chi connectivity index (χ1n) is 11.7. The van der Waals surface area contributed by atoms with Gasteiger partial charge in [-0.15, -0.1) is 11.3 Å². The Labute approximate surface area is 183 Å². The van der Waals surface area contributed by atoms with Crippen LogP contribution in [0.1, 0.15) is 56.2 Å². The molecule has 1 aromatic rings.